The fourth-order valence-electron chi connectivity index (χ4n) is 2.11. The first kappa shape index (κ1) is 15.9. The predicted octanol–water partition coefficient (Wildman–Crippen LogP) is 0.975. The van der Waals surface area contributed by atoms with Crippen LogP contribution in [-0.4, -0.2) is 64.5 Å². The molecular formula is C13H20BrN3O2S. The highest BCUT2D eigenvalue weighted by Crippen LogP contribution is 2.14. The molecule has 0 radical (unpaired) electrons. The van der Waals surface area contributed by atoms with Crippen molar-refractivity contribution in [2.45, 2.75) is 4.90 Å². The summed E-state index contributed by atoms with van der Waals surface area (Å²) < 4.78 is 27.7. The summed E-state index contributed by atoms with van der Waals surface area (Å²) in [4.78, 5) is 4.87. The first-order chi connectivity index (χ1) is 9.47. The highest BCUT2D eigenvalue weighted by Gasteiger charge is 2.16. The van der Waals surface area contributed by atoms with E-state index < -0.39 is 10.0 Å². The topological polar surface area (TPSA) is 52.6 Å². The second kappa shape index (κ2) is 7.00. The second-order valence-electron chi connectivity index (χ2n) is 5.00. The van der Waals surface area contributed by atoms with Gasteiger partial charge in [0.25, 0.3) is 0 Å². The molecule has 0 saturated carbocycles. The van der Waals surface area contributed by atoms with E-state index in [4.69, 9.17) is 0 Å². The van der Waals surface area contributed by atoms with Gasteiger partial charge in [-0.3, -0.25) is 4.90 Å². The van der Waals surface area contributed by atoms with E-state index in [1.807, 2.05) is 0 Å². The number of hydrogen-bond acceptors (Lipinski definition) is 4. The predicted molar refractivity (Wildman–Crippen MR) is 83.3 cm³/mol. The van der Waals surface area contributed by atoms with Gasteiger partial charge in [-0.05, 0) is 31.3 Å². The molecule has 5 nitrogen and oxygen atoms in total. The largest absolute Gasteiger partial charge is 0.304 e. The van der Waals surface area contributed by atoms with Crippen LogP contribution in [0.1, 0.15) is 0 Å². The SMILES string of the molecule is CN1CCN(CCNS(=O)(=O)c2ccc(Br)cc2)CC1. The van der Waals surface area contributed by atoms with Gasteiger partial charge in [0, 0.05) is 43.7 Å². The van der Waals surface area contributed by atoms with Gasteiger partial charge in [-0.15, -0.1) is 0 Å². The van der Waals surface area contributed by atoms with Crippen molar-refractivity contribution in [2.75, 3.05) is 46.3 Å². The average Bonchev–Trinajstić information content (AvgIpc) is 2.41. The minimum Gasteiger partial charge on any atom is -0.304 e. The summed E-state index contributed by atoms with van der Waals surface area (Å²) in [5.41, 5.74) is 0. The third kappa shape index (κ3) is 4.53. The molecule has 1 fully saturated rings. The standard InChI is InChI=1S/C13H20BrN3O2S/c1-16-8-10-17(11-9-16)7-6-15-20(18,19)13-4-2-12(14)3-5-13/h2-5,15H,6-11H2,1H3. The minimum atomic E-state index is -3.40. The second-order valence-corrected chi connectivity index (χ2v) is 7.68. The number of sulfonamides is 1. The van der Waals surface area contributed by atoms with Crippen LogP contribution in [0.2, 0.25) is 0 Å². The maximum Gasteiger partial charge on any atom is 0.240 e. The summed E-state index contributed by atoms with van der Waals surface area (Å²) in [6.45, 7) is 5.28. The van der Waals surface area contributed by atoms with E-state index in [-0.39, 0.29) is 0 Å². The van der Waals surface area contributed by atoms with Crippen LogP contribution in [0.3, 0.4) is 0 Å². The van der Waals surface area contributed by atoms with Crippen LogP contribution in [0.4, 0.5) is 0 Å². The lowest BCUT2D eigenvalue weighted by molar-refractivity contribution is 0.156. The van der Waals surface area contributed by atoms with Gasteiger partial charge in [0.1, 0.15) is 0 Å². The number of nitrogens with one attached hydrogen (secondary N) is 1. The zero-order valence-corrected chi connectivity index (χ0v) is 14.0. The van der Waals surface area contributed by atoms with E-state index in [2.05, 4.69) is 37.5 Å². The zero-order chi connectivity index (χ0) is 14.6. The Hall–Kier alpha value is -0.470. The van der Waals surface area contributed by atoms with Crippen LogP contribution in [-0.2, 0) is 10.0 Å². The van der Waals surface area contributed by atoms with Crippen molar-refractivity contribution in [1.82, 2.24) is 14.5 Å². The monoisotopic (exact) mass is 361 g/mol. The minimum absolute atomic E-state index is 0.305. The number of rotatable bonds is 5. The number of benzene rings is 1. The highest BCUT2D eigenvalue weighted by atomic mass is 79.9. The summed E-state index contributed by atoms with van der Waals surface area (Å²) >= 11 is 3.30. The molecule has 0 aromatic heterocycles. The summed E-state index contributed by atoms with van der Waals surface area (Å²) in [6, 6.07) is 6.66. The summed E-state index contributed by atoms with van der Waals surface area (Å²) in [5.74, 6) is 0. The Morgan fingerprint density at radius 3 is 2.35 bits per heavy atom. The lowest BCUT2D eigenvalue weighted by Crippen LogP contribution is -2.46. The number of hydrogen-bond donors (Lipinski definition) is 1. The van der Waals surface area contributed by atoms with Crippen LogP contribution in [0.25, 0.3) is 0 Å². The van der Waals surface area contributed by atoms with Crippen molar-refractivity contribution in [3.8, 4) is 0 Å². The smallest absolute Gasteiger partial charge is 0.240 e. The Balaban J connectivity index is 1.82. The third-order valence-electron chi connectivity index (χ3n) is 3.44. The van der Waals surface area contributed by atoms with Gasteiger partial charge in [-0.25, -0.2) is 13.1 Å². The van der Waals surface area contributed by atoms with Crippen molar-refractivity contribution in [3.63, 3.8) is 0 Å². The molecule has 2 rings (SSSR count). The molecule has 0 bridgehead atoms. The lowest BCUT2D eigenvalue weighted by Gasteiger charge is -2.32. The molecule has 0 amide bonds. The van der Waals surface area contributed by atoms with Crippen molar-refractivity contribution in [1.29, 1.82) is 0 Å². The number of piperazine rings is 1. The van der Waals surface area contributed by atoms with Gasteiger partial charge in [-0.2, -0.15) is 0 Å². The molecule has 7 heteroatoms. The fourth-order valence-corrected chi connectivity index (χ4v) is 3.39. The quantitative estimate of drug-likeness (QED) is 0.849. The molecule has 0 aliphatic carbocycles. The Labute approximate surface area is 129 Å². The molecular weight excluding hydrogens is 342 g/mol. The molecule has 0 spiro atoms. The Bertz CT molecular complexity index is 525. The van der Waals surface area contributed by atoms with Crippen LogP contribution >= 0.6 is 15.9 Å². The average molecular weight is 362 g/mol. The van der Waals surface area contributed by atoms with Gasteiger partial charge in [-0.1, -0.05) is 15.9 Å². The molecule has 1 saturated heterocycles. The Morgan fingerprint density at radius 2 is 1.75 bits per heavy atom. The van der Waals surface area contributed by atoms with E-state index in [0.29, 0.717) is 11.4 Å². The summed E-state index contributed by atoms with van der Waals surface area (Å²) in [5, 5.41) is 0. The number of likely N-dealkylation sites (N-methyl/N-ethyl adjacent to an activating group) is 1. The fraction of sp³-hybridized carbons (Fsp3) is 0.538. The van der Waals surface area contributed by atoms with Crippen LogP contribution in [0.15, 0.2) is 33.6 Å². The van der Waals surface area contributed by atoms with Crippen molar-refractivity contribution < 1.29 is 8.42 Å². The van der Waals surface area contributed by atoms with E-state index in [1.54, 1.807) is 24.3 Å². The van der Waals surface area contributed by atoms with Gasteiger partial charge in [0.15, 0.2) is 0 Å². The summed E-state index contributed by atoms with van der Waals surface area (Å²) in [6.07, 6.45) is 0. The molecule has 1 aromatic carbocycles. The van der Waals surface area contributed by atoms with E-state index in [0.717, 1.165) is 37.2 Å². The van der Waals surface area contributed by atoms with Gasteiger partial charge < -0.3 is 4.90 Å². The molecule has 1 N–H and O–H groups in total. The molecule has 1 aliphatic heterocycles. The summed E-state index contributed by atoms with van der Waals surface area (Å²) in [7, 11) is -1.29. The van der Waals surface area contributed by atoms with E-state index >= 15 is 0 Å². The molecule has 1 heterocycles. The third-order valence-corrected chi connectivity index (χ3v) is 5.45. The molecule has 112 valence electrons. The van der Waals surface area contributed by atoms with Gasteiger partial charge in [0.2, 0.25) is 10.0 Å². The lowest BCUT2D eigenvalue weighted by atomic mass is 10.3. The van der Waals surface area contributed by atoms with E-state index in [1.165, 1.54) is 0 Å². The first-order valence-corrected chi connectivity index (χ1v) is 8.91. The first-order valence-electron chi connectivity index (χ1n) is 6.63. The molecule has 20 heavy (non-hydrogen) atoms. The normalized spacial score (nSPS) is 18.3. The van der Waals surface area contributed by atoms with Crippen LogP contribution < -0.4 is 4.72 Å². The maximum absolute atomic E-state index is 12.1. The molecule has 1 aliphatic rings. The molecule has 1 aromatic rings. The molecule has 0 unspecified atom stereocenters. The van der Waals surface area contributed by atoms with Gasteiger partial charge >= 0.3 is 0 Å². The zero-order valence-electron chi connectivity index (χ0n) is 11.5. The van der Waals surface area contributed by atoms with Crippen LogP contribution in [0, 0.1) is 0 Å². The van der Waals surface area contributed by atoms with Crippen molar-refractivity contribution in [3.05, 3.63) is 28.7 Å². The van der Waals surface area contributed by atoms with Crippen molar-refractivity contribution >= 4 is 26.0 Å². The number of nitrogens with zero attached hydrogens (tertiary/aromatic N) is 2. The highest BCUT2D eigenvalue weighted by molar-refractivity contribution is 9.10. The van der Waals surface area contributed by atoms with Crippen LogP contribution in [0.5, 0.6) is 0 Å². The number of halogens is 1. The van der Waals surface area contributed by atoms with Crippen molar-refractivity contribution in [2.24, 2.45) is 0 Å². The maximum atomic E-state index is 12.1. The van der Waals surface area contributed by atoms with Gasteiger partial charge in [0.05, 0.1) is 4.90 Å². The van der Waals surface area contributed by atoms with E-state index in [9.17, 15) is 8.42 Å². The Morgan fingerprint density at radius 1 is 1.15 bits per heavy atom. The Kier molecular flexibility index (Phi) is 5.57. The molecule has 0 atom stereocenters.